The van der Waals surface area contributed by atoms with Gasteiger partial charge in [-0.25, -0.2) is 4.39 Å². The fourth-order valence-corrected chi connectivity index (χ4v) is 2.26. The van der Waals surface area contributed by atoms with Gasteiger partial charge in [-0.05, 0) is 36.4 Å². The summed E-state index contributed by atoms with van der Waals surface area (Å²) in [5.74, 6) is 0.141. The predicted octanol–water partition coefficient (Wildman–Crippen LogP) is 3.57. The molecule has 0 spiro atoms. The van der Waals surface area contributed by atoms with E-state index in [0.29, 0.717) is 17.0 Å². The van der Waals surface area contributed by atoms with Crippen molar-refractivity contribution in [3.8, 4) is 22.6 Å². The summed E-state index contributed by atoms with van der Waals surface area (Å²) in [5, 5.41) is 0. The summed E-state index contributed by atoms with van der Waals surface area (Å²) in [7, 11) is 1.66. The topological polar surface area (TPSA) is 57.2 Å². The number of benzene rings is 2. The molecule has 2 aromatic carbocycles. The van der Waals surface area contributed by atoms with Crippen molar-refractivity contribution in [3.05, 3.63) is 77.0 Å². The molecule has 0 atom stereocenters. The minimum atomic E-state index is -0.448. The van der Waals surface area contributed by atoms with Crippen LogP contribution in [0, 0.1) is 5.82 Å². The summed E-state index contributed by atoms with van der Waals surface area (Å²) in [6.07, 6.45) is 1.69. The molecular weight excluding hydrogens is 295 g/mol. The van der Waals surface area contributed by atoms with E-state index in [1.165, 1.54) is 16.7 Å². The van der Waals surface area contributed by atoms with Crippen LogP contribution in [0.3, 0.4) is 0 Å². The minimum Gasteiger partial charge on any atom is -0.454 e. The number of hydrogen-bond acceptors (Lipinski definition) is 3. The van der Waals surface area contributed by atoms with Gasteiger partial charge in [0.1, 0.15) is 5.75 Å². The number of aryl methyl sites for hydroxylation is 1. The summed E-state index contributed by atoms with van der Waals surface area (Å²) in [6, 6.07) is 14.4. The first-order valence-electron chi connectivity index (χ1n) is 7.03. The van der Waals surface area contributed by atoms with Crippen molar-refractivity contribution >= 4 is 5.69 Å². The quantitative estimate of drug-likeness (QED) is 0.752. The molecule has 0 aliphatic heterocycles. The third-order valence-electron chi connectivity index (χ3n) is 3.46. The zero-order valence-corrected chi connectivity index (χ0v) is 12.5. The van der Waals surface area contributed by atoms with Gasteiger partial charge in [0.25, 0.3) is 0 Å². The zero-order chi connectivity index (χ0) is 16.4. The number of pyridine rings is 1. The number of rotatable bonds is 3. The molecule has 0 amide bonds. The maximum atomic E-state index is 13.8. The minimum absolute atomic E-state index is 0.116. The fraction of sp³-hybridized carbons (Fsp3) is 0.0556. The molecule has 0 saturated carbocycles. The molecule has 23 heavy (non-hydrogen) atoms. The van der Waals surface area contributed by atoms with Gasteiger partial charge in [0.15, 0.2) is 11.6 Å². The molecule has 3 rings (SSSR count). The average Bonchev–Trinajstić information content (AvgIpc) is 2.54. The van der Waals surface area contributed by atoms with Gasteiger partial charge in [-0.1, -0.05) is 12.1 Å². The lowest BCUT2D eigenvalue weighted by Crippen LogP contribution is -2.14. The molecule has 116 valence electrons. The van der Waals surface area contributed by atoms with E-state index in [0.717, 1.165) is 5.56 Å². The third-order valence-corrected chi connectivity index (χ3v) is 3.46. The highest BCUT2D eigenvalue weighted by molar-refractivity contribution is 5.73. The highest BCUT2D eigenvalue weighted by Gasteiger charge is 2.11. The molecule has 1 aromatic heterocycles. The Hall–Kier alpha value is -3.08. The summed E-state index contributed by atoms with van der Waals surface area (Å²) in [5.41, 5.74) is 7.73. The van der Waals surface area contributed by atoms with Crippen LogP contribution in [0.25, 0.3) is 11.1 Å². The van der Waals surface area contributed by atoms with Crippen LogP contribution in [0.1, 0.15) is 0 Å². The van der Waals surface area contributed by atoms with Crippen LogP contribution in [-0.2, 0) is 7.05 Å². The number of anilines is 1. The number of para-hydroxylation sites is 1. The van der Waals surface area contributed by atoms with Gasteiger partial charge >= 0.3 is 0 Å². The third kappa shape index (κ3) is 3.08. The SMILES string of the molecule is Cn1cc(-c2cc(N)ccc2Oc2ccccc2F)ccc1=O. The molecule has 0 fully saturated rings. The smallest absolute Gasteiger partial charge is 0.250 e. The van der Waals surface area contributed by atoms with E-state index in [9.17, 15) is 9.18 Å². The normalized spacial score (nSPS) is 10.5. The number of ether oxygens (including phenoxy) is 1. The predicted molar refractivity (Wildman–Crippen MR) is 88.0 cm³/mol. The highest BCUT2D eigenvalue weighted by atomic mass is 19.1. The lowest BCUT2D eigenvalue weighted by Gasteiger charge is -2.13. The summed E-state index contributed by atoms with van der Waals surface area (Å²) in [4.78, 5) is 11.5. The van der Waals surface area contributed by atoms with E-state index >= 15 is 0 Å². The monoisotopic (exact) mass is 310 g/mol. The molecule has 0 aliphatic rings. The van der Waals surface area contributed by atoms with Crippen LogP contribution in [0.15, 0.2) is 65.6 Å². The first-order valence-corrected chi connectivity index (χ1v) is 7.03. The van der Waals surface area contributed by atoms with E-state index in [-0.39, 0.29) is 11.3 Å². The number of nitrogen functional groups attached to an aromatic ring is 1. The molecule has 1 heterocycles. The van der Waals surface area contributed by atoms with E-state index in [1.807, 2.05) is 0 Å². The first-order chi connectivity index (χ1) is 11.0. The van der Waals surface area contributed by atoms with E-state index in [1.54, 1.807) is 55.7 Å². The van der Waals surface area contributed by atoms with Gasteiger partial charge in [-0.15, -0.1) is 0 Å². The lowest BCUT2D eigenvalue weighted by atomic mass is 10.1. The van der Waals surface area contributed by atoms with Crippen LogP contribution in [0.4, 0.5) is 10.1 Å². The lowest BCUT2D eigenvalue weighted by molar-refractivity contribution is 0.443. The van der Waals surface area contributed by atoms with Gasteiger partial charge in [0.2, 0.25) is 5.56 Å². The van der Waals surface area contributed by atoms with Gasteiger partial charge in [0, 0.05) is 36.1 Å². The Balaban J connectivity index is 2.09. The van der Waals surface area contributed by atoms with Crippen molar-refractivity contribution in [2.45, 2.75) is 0 Å². The second-order valence-corrected chi connectivity index (χ2v) is 5.15. The molecule has 0 aliphatic carbocycles. The average molecular weight is 310 g/mol. The molecule has 5 heteroatoms. The molecule has 0 saturated heterocycles. The summed E-state index contributed by atoms with van der Waals surface area (Å²) >= 11 is 0. The molecule has 4 nitrogen and oxygen atoms in total. The van der Waals surface area contributed by atoms with Crippen LogP contribution >= 0.6 is 0 Å². The maximum absolute atomic E-state index is 13.8. The fourth-order valence-electron chi connectivity index (χ4n) is 2.26. The highest BCUT2D eigenvalue weighted by Crippen LogP contribution is 2.35. The molecule has 2 N–H and O–H groups in total. The van der Waals surface area contributed by atoms with Crippen molar-refractivity contribution in [1.29, 1.82) is 0 Å². The van der Waals surface area contributed by atoms with Crippen molar-refractivity contribution in [3.63, 3.8) is 0 Å². The molecule has 3 aromatic rings. The largest absolute Gasteiger partial charge is 0.454 e. The van der Waals surface area contributed by atoms with Crippen LogP contribution in [-0.4, -0.2) is 4.57 Å². The number of nitrogens with two attached hydrogens (primary N) is 1. The Labute approximate surface area is 132 Å². The van der Waals surface area contributed by atoms with Gasteiger partial charge in [-0.2, -0.15) is 0 Å². The van der Waals surface area contributed by atoms with Crippen LogP contribution in [0.2, 0.25) is 0 Å². The first kappa shape index (κ1) is 14.8. The second kappa shape index (κ2) is 5.96. The second-order valence-electron chi connectivity index (χ2n) is 5.15. The van der Waals surface area contributed by atoms with E-state index < -0.39 is 5.82 Å². The Kier molecular flexibility index (Phi) is 3.85. The van der Waals surface area contributed by atoms with Crippen molar-refractivity contribution in [1.82, 2.24) is 4.57 Å². The Morgan fingerprint density at radius 2 is 1.83 bits per heavy atom. The summed E-state index contributed by atoms with van der Waals surface area (Å²) < 4.78 is 21.0. The number of aromatic nitrogens is 1. The zero-order valence-electron chi connectivity index (χ0n) is 12.5. The number of hydrogen-bond donors (Lipinski definition) is 1. The van der Waals surface area contributed by atoms with E-state index in [2.05, 4.69) is 0 Å². The summed E-state index contributed by atoms with van der Waals surface area (Å²) in [6.45, 7) is 0. The molecule has 0 radical (unpaired) electrons. The Bertz CT molecular complexity index is 919. The molecular formula is C18H15FN2O2. The molecule has 0 unspecified atom stereocenters. The van der Waals surface area contributed by atoms with Crippen molar-refractivity contribution in [2.24, 2.45) is 7.05 Å². The standard InChI is InChI=1S/C18H15FN2O2/c1-21-11-12(6-9-18(21)22)14-10-13(20)7-8-16(14)23-17-5-3-2-4-15(17)19/h2-11H,20H2,1H3. The maximum Gasteiger partial charge on any atom is 0.250 e. The molecule has 0 bridgehead atoms. The van der Waals surface area contributed by atoms with E-state index in [4.69, 9.17) is 10.5 Å². The van der Waals surface area contributed by atoms with Gasteiger partial charge < -0.3 is 15.0 Å². The Morgan fingerprint density at radius 3 is 2.57 bits per heavy atom. The van der Waals surface area contributed by atoms with Crippen molar-refractivity contribution in [2.75, 3.05) is 5.73 Å². The number of halogens is 1. The number of nitrogens with zero attached hydrogens (tertiary/aromatic N) is 1. The van der Waals surface area contributed by atoms with Gasteiger partial charge in [0.05, 0.1) is 0 Å². The van der Waals surface area contributed by atoms with Crippen LogP contribution in [0.5, 0.6) is 11.5 Å². The van der Waals surface area contributed by atoms with Gasteiger partial charge in [-0.3, -0.25) is 4.79 Å². The van der Waals surface area contributed by atoms with Crippen LogP contribution < -0.4 is 16.0 Å². The van der Waals surface area contributed by atoms with Crippen molar-refractivity contribution < 1.29 is 9.13 Å². The Morgan fingerprint density at radius 1 is 1.04 bits per heavy atom.